The summed E-state index contributed by atoms with van der Waals surface area (Å²) in [7, 11) is 0. The van der Waals surface area contributed by atoms with Crippen LogP contribution in [0.3, 0.4) is 0 Å². The van der Waals surface area contributed by atoms with Crippen LogP contribution in [0.2, 0.25) is 0 Å². The highest BCUT2D eigenvalue weighted by Crippen LogP contribution is 2.32. The van der Waals surface area contributed by atoms with Crippen LogP contribution in [-0.4, -0.2) is 34.7 Å². The van der Waals surface area contributed by atoms with Crippen LogP contribution < -0.4 is 0 Å². The van der Waals surface area contributed by atoms with Crippen LogP contribution in [0.15, 0.2) is 0 Å². The molecular weight excluding hydrogens is 312 g/mol. The summed E-state index contributed by atoms with van der Waals surface area (Å²) in [6.07, 6.45) is 2.15. The van der Waals surface area contributed by atoms with E-state index in [1.807, 2.05) is 34.6 Å². The molecule has 0 heterocycles. The zero-order valence-electron chi connectivity index (χ0n) is 16.3. The van der Waals surface area contributed by atoms with Gasteiger partial charge in [0.15, 0.2) is 0 Å². The van der Waals surface area contributed by atoms with Gasteiger partial charge in [-0.15, -0.1) is 0 Å². The van der Waals surface area contributed by atoms with Crippen LogP contribution in [0.5, 0.6) is 0 Å². The van der Waals surface area contributed by atoms with Crippen molar-refractivity contribution in [3.8, 4) is 0 Å². The molecule has 0 aromatic heterocycles. The molecule has 0 N–H and O–H groups in total. The maximum atomic E-state index is 11.5. The van der Waals surface area contributed by atoms with Gasteiger partial charge >= 0.3 is 17.9 Å². The van der Waals surface area contributed by atoms with Crippen LogP contribution in [0, 0.1) is 0 Å². The summed E-state index contributed by atoms with van der Waals surface area (Å²) in [5.41, 5.74) is -2.00. The highest BCUT2D eigenvalue weighted by Gasteiger charge is 2.34. The first-order valence-electron chi connectivity index (χ1n) is 8.25. The number of hydrogen-bond acceptors (Lipinski definition) is 6. The number of carbonyl (C=O) groups excluding carboxylic acids is 3. The molecule has 0 fully saturated rings. The van der Waals surface area contributed by atoms with Crippen molar-refractivity contribution in [2.45, 2.75) is 97.9 Å². The summed E-state index contributed by atoms with van der Waals surface area (Å²) in [5.74, 6) is -1.05. The third kappa shape index (κ3) is 10.2. The molecule has 0 aromatic carbocycles. The molecule has 0 saturated carbocycles. The Morgan fingerprint density at radius 2 is 0.875 bits per heavy atom. The third-order valence-corrected chi connectivity index (χ3v) is 3.74. The molecule has 140 valence electrons. The first-order valence-corrected chi connectivity index (χ1v) is 8.25. The molecule has 0 rings (SSSR count). The smallest absolute Gasteiger partial charge is 0.303 e. The number of hydrogen-bond donors (Lipinski definition) is 0. The Morgan fingerprint density at radius 1 is 0.583 bits per heavy atom. The Balaban J connectivity index is 4.92. The molecule has 0 unspecified atom stereocenters. The molecule has 0 spiro atoms. The molecule has 6 nitrogen and oxygen atoms in total. The Kier molecular flexibility index (Phi) is 7.93. The fraction of sp³-hybridized carbons (Fsp3) is 0.833. The van der Waals surface area contributed by atoms with Gasteiger partial charge in [-0.3, -0.25) is 14.4 Å². The summed E-state index contributed by atoms with van der Waals surface area (Å²) in [6.45, 7) is 13.3. The molecule has 0 aliphatic heterocycles. The predicted molar refractivity (Wildman–Crippen MR) is 90.3 cm³/mol. The first-order chi connectivity index (χ1) is 10.7. The van der Waals surface area contributed by atoms with Crippen LogP contribution in [-0.2, 0) is 28.6 Å². The largest absolute Gasteiger partial charge is 0.460 e. The van der Waals surface area contributed by atoms with E-state index in [9.17, 15) is 14.4 Å². The Morgan fingerprint density at radius 3 is 1.12 bits per heavy atom. The number of rotatable bonds is 9. The second-order valence-electron chi connectivity index (χ2n) is 7.75. The molecule has 0 atom stereocenters. The van der Waals surface area contributed by atoms with Gasteiger partial charge in [-0.1, -0.05) is 0 Å². The quantitative estimate of drug-likeness (QED) is 0.470. The maximum Gasteiger partial charge on any atom is 0.303 e. The van der Waals surface area contributed by atoms with Crippen molar-refractivity contribution in [3.63, 3.8) is 0 Å². The lowest BCUT2D eigenvalue weighted by Gasteiger charge is -2.35. The van der Waals surface area contributed by atoms with Gasteiger partial charge in [-0.25, -0.2) is 0 Å². The van der Waals surface area contributed by atoms with Crippen LogP contribution in [0.4, 0.5) is 0 Å². The van der Waals surface area contributed by atoms with Gasteiger partial charge in [0.2, 0.25) is 0 Å². The molecule has 0 amide bonds. The lowest BCUT2D eigenvalue weighted by Crippen LogP contribution is -2.38. The summed E-state index contributed by atoms with van der Waals surface area (Å²) >= 11 is 0. The van der Waals surface area contributed by atoms with E-state index in [-0.39, 0.29) is 17.9 Å². The van der Waals surface area contributed by atoms with Gasteiger partial charge < -0.3 is 14.2 Å². The van der Waals surface area contributed by atoms with Gasteiger partial charge in [0.05, 0.1) is 0 Å². The molecule has 0 bridgehead atoms. The minimum absolute atomic E-state index is 0.342. The van der Waals surface area contributed by atoms with Crippen LogP contribution in [0.1, 0.15) is 81.1 Å². The van der Waals surface area contributed by atoms with Crippen molar-refractivity contribution < 1.29 is 28.6 Å². The fourth-order valence-electron chi connectivity index (χ4n) is 2.59. The van der Waals surface area contributed by atoms with Crippen molar-refractivity contribution in [1.29, 1.82) is 0 Å². The molecule has 6 heteroatoms. The minimum Gasteiger partial charge on any atom is -0.460 e. The van der Waals surface area contributed by atoms with Gasteiger partial charge in [0.25, 0.3) is 0 Å². The monoisotopic (exact) mass is 344 g/mol. The molecular formula is C18H32O6. The lowest BCUT2D eigenvalue weighted by molar-refractivity contribution is -0.166. The highest BCUT2D eigenvalue weighted by molar-refractivity contribution is 5.67. The van der Waals surface area contributed by atoms with Gasteiger partial charge in [-0.2, -0.15) is 0 Å². The van der Waals surface area contributed by atoms with E-state index in [0.717, 1.165) is 0 Å². The van der Waals surface area contributed by atoms with Crippen LogP contribution >= 0.6 is 0 Å². The highest BCUT2D eigenvalue weighted by atomic mass is 16.6. The standard InChI is InChI=1S/C18H32O6/c1-13(19)22-16(4,5)9-11-18(8,24-15(3)21)12-10-17(6,7)23-14(2)20/h9-12H2,1-8H3. The summed E-state index contributed by atoms with van der Waals surface area (Å²) in [6, 6.07) is 0. The third-order valence-electron chi connectivity index (χ3n) is 3.74. The normalized spacial score (nSPS) is 12.5. The molecule has 24 heavy (non-hydrogen) atoms. The van der Waals surface area contributed by atoms with E-state index in [0.29, 0.717) is 25.7 Å². The number of ether oxygens (including phenoxy) is 3. The van der Waals surface area contributed by atoms with Crippen molar-refractivity contribution in [2.24, 2.45) is 0 Å². The van der Waals surface area contributed by atoms with E-state index in [1.54, 1.807) is 0 Å². The SMILES string of the molecule is CC(=O)OC(C)(C)CCC(C)(CCC(C)(C)OC(C)=O)OC(C)=O. The fourth-order valence-corrected chi connectivity index (χ4v) is 2.59. The molecule has 0 aliphatic rings. The van der Waals surface area contributed by atoms with E-state index < -0.39 is 16.8 Å². The molecule has 0 radical (unpaired) electrons. The summed E-state index contributed by atoms with van der Waals surface area (Å²) in [5, 5.41) is 0. The Hall–Kier alpha value is -1.59. The molecule has 0 saturated heterocycles. The minimum atomic E-state index is -0.722. The summed E-state index contributed by atoms with van der Waals surface area (Å²) < 4.78 is 16.1. The van der Waals surface area contributed by atoms with Crippen molar-refractivity contribution >= 4 is 17.9 Å². The topological polar surface area (TPSA) is 78.9 Å². The van der Waals surface area contributed by atoms with Crippen molar-refractivity contribution in [1.82, 2.24) is 0 Å². The Bertz CT molecular complexity index is 432. The average Bonchev–Trinajstić information content (AvgIpc) is 2.31. The van der Waals surface area contributed by atoms with Gasteiger partial charge in [-0.05, 0) is 60.3 Å². The van der Waals surface area contributed by atoms with Crippen LogP contribution in [0.25, 0.3) is 0 Å². The summed E-state index contributed by atoms with van der Waals surface area (Å²) in [4.78, 5) is 33.8. The zero-order valence-corrected chi connectivity index (χ0v) is 16.3. The lowest BCUT2D eigenvalue weighted by atomic mass is 9.86. The molecule has 0 aliphatic carbocycles. The Labute approximate surface area is 145 Å². The van der Waals surface area contributed by atoms with Crippen molar-refractivity contribution in [2.75, 3.05) is 0 Å². The maximum absolute atomic E-state index is 11.5. The van der Waals surface area contributed by atoms with E-state index >= 15 is 0 Å². The first kappa shape index (κ1) is 22.4. The van der Waals surface area contributed by atoms with E-state index in [1.165, 1.54) is 20.8 Å². The second kappa shape index (κ2) is 8.49. The number of esters is 3. The van der Waals surface area contributed by atoms with E-state index in [2.05, 4.69) is 0 Å². The molecule has 0 aromatic rings. The number of carbonyl (C=O) groups is 3. The van der Waals surface area contributed by atoms with Gasteiger partial charge in [0, 0.05) is 20.8 Å². The predicted octanol–water partition coefficient (Wildman–Crippen LogP) is 3.55. The average molecular weight is 344 g/mol. The second-order valence-corrected chi connectivity index (χ2v) is 7.75. The zero-order chi connectivity index (χ0) is 19.2. The van der Waals surface area contributed by atoms with Gasteiger partial charge in [0.1, 0.15) is 16.8 Å². The van der Waals surface area contributed by atoms with E-state index in [4.69, 9.17) is 14.2 Å². The van der Waals surface area contributed by atoms with Crippen molar-refractivity contribution in [3.05, 3.63) is 0 Å².